The van der Waals surface area contributed by atoms with Crippen LogP contribution in [0.5, 0.6) is 0 Å². The van der Waals surface area contributed by atoms with Crippen LogP contribution in [0.1, 0.15) is 56.1 Å². The number of rotatable bonds is 2. The number of fused-ring (bicyclic) bond motifs is 1. The highest BCUT2D eigenvalue weighted by molar-refractivity contribution is 5.97. The van der Waals surface area contributed by atoms with Gasteiger partial charge in [-0.15, -0.1) is 0 Å². The number of carbonyl (C=O) groups excluding carboxylic acids is 1. The van der Waals surface area contributed by atoms with Gasteiger partial charge in [-0.2, -0.15) is 0 Å². The monoisotopic (exact) mass is 288 g/mol. The number of anilines is 1. The van der Waals surface area contributed by atoms with Crippen molar-refractivity contribution in [1.82, 2.24) is 5.48 Å². The summed E-state index contributed by atoms with van der Waals surface area (Å²) < 4.78 is 0. The van der Waals surface area contributed by atoms with Crippen LogP contribution in [0.15, 0.2) is 18.2 Å². The standard InChI is InChI=1S/C17H24N2O2/c1-11-13(15(20)19-21-16(2,3)4)8-7-12-9-10-17(5,6)18-14(11)12/h7-10,18H,1-6H3,(H,19,20). The first-order valence-electron chi connectivity index (χ1n) is 7.18. The van der Waals surface area contributed by atoms with Gasteiger partial charge in [0.05, 0.1) is 11.1 Å². The number of carbonyl (C=O) groups is 1. The molecule has 0 unspecified atom stereocenters. The molecule has 1 aliphatic rings. The van der Waals surface area contributed by atoms with E-state index in [1.807, 2.05) is 39.8 Å². The van der Waals surface area contributed by atoms with E-state index in [4.69, 9.17) is 4.84 Å². The van der Waals surface area contributed by atoms with E-state index in [9.17, 15) is 4.79 Å². The molecule has 1 aromatic rings. The molecule has 1 aromatic carbocycles. The highest BCUT2D eigenvalue weighted by Gasteiger charge is 2.23. The summed E-state index contributed by atoms with van der Waals surface area (Å²) in [4.78, 5) is 17.6. The van der Waals surface area contributed by atoms with Crippen LogP contribution < -0.4 is 10.8 Å². The minimum absolute atomic E-state index is 0.116. The molecule has 21 heavy (non-hydrogen) atoms. The molecule has 0 spiro atoms. The molecule has 0 aromatic heterocycles. The Hall–Kier alpha value is -1.81. The van der Waals surface area contributed by atoms with Gasteiger partial charge in [-0.25, -0.2) is 5.48 Å². The first-order chi connectivity index (χ1) is 9.59. The second kappa shape index (κ2) is 5.19. The van der Waals surface area contributed by atoms with E-state index >= 15 is 0 Å². The Morgan fingerprint density at radius 1 is 1.29 bits per heavy atom. The van der Waals surface area contributed by atoms with Crippen molar-refractivity contribution in [2.45, 2.75) is 52.7 Å². The van der Waals surface area contributed by atoms with Crippen molar-refractivity contribution in [2.75, 3.05) is 5.32 Å². The quantitative estimate of drug-likeness (QED) is 0.816. The first kappa shape index (κ1) is 15.6. The van der Waals surface area contributed by atoms with Gasteiger partial charge in [-0.05, 0) is 58.7 Å². The molecule has 4 nitrogen and oxygen atoms in total. The van der Waals surface area contributed by atoms with E-state index in [0.717, 1.165) is 16.8 Å². The van der Waals surface area contributed by atoms with Crippen molar-refractivity contribution >= 4 is 17.7 Å². The zero-order valence-electron chi connectivity index (χ0n) is 13.6. The Bertz CT molecular complexity index is 596. The summed E-state index contributed by atoms with van der Waals surface area (Å²) >= 11 is 0. The molecule has 0 aliphatic carbocycles. The molecule has 0 fully saturated rings. The van der Waals surface area contributed by atoms with Gasteiger partial charge in [-0.1, -0.05) is 18.2 Å². The van der Waals surface area contributed by atoms with Gasteiger partial charge in [0, 0.05) is 11.3 Å². The predicted molar refractivity (Wildman–Crippen MR) is 86.2 cm³/mol. The second-order valence-electron chi connectivity index (χ2n) is 7.03. The van der Waals surface area contributed by atoms with E-state index in [-0.39, 0.29) is 11.4 Å². The maximum atomic E-state index is 12.3. The van der Waals surface area contributed by atoms with Crippen molar-refractivity contribution in [1.29, 1.82) is 0 Å². The van der Waals surface area contributed by atoms with E-state index in [0.29, 0.717) is 5.56 Å². The number of benzene rings is 1. The van der Waals surface area contributed by atoms with Crippen LogP contribution in [0.2, 0.25) is 0 Å². The molecule has 0 saturated carbocycles. The van der Waals surface area contributed by atoms with Crippen molar-refractivity contribution in [3.63, 3.8) is 0 Å². The van der Waals surface area contributed by atoms with Crippen LogP contribution in [0, 0.1) is 6.92 Å². The maximum Gasteiger partial charge on any atom is 0.275 e. The number of hydrogen-bond donors (Lipinski definition) is 2. The van der Waals surface area contributed by atoms with Crippen molar-refractivity contribution in [3.05, 3.63) is 34.9 Å². The van der Waals surface area contributed by atoms with Gasteiger partial charge < -0.3 is 5.32 Å². The van der Waals surface area contributed by atoms with Crippen LogP contribution >= 0.6 is 0 Å². The average Bonchev–Trinajstić information content (AvgIpc) is 2.35. The minimum atomic E-state index is -0.416. The third-order valence-electron chi connectivity index (χ3n) is 3.32. The Labute approximate surface area is 126 Å². The van der Waals surface area contributed by atoms with Crippen molar-refractivity contribution in [3.8, 4) is 0 Å². The van der Waals surface area contributed by atoms with Gasteiger partial charge in [0.1, 0.15) is 0 Å². The largest absolute Gasteiger partial charge is 0.376 e. The fourth-order valence-electron chi connectivity index (χ4n) is 2.20. The van der Waals surface area contributed by atoms with Crippen LogP contribution in [0.4, 0.5) is 5.69 Å². The minimum Gasteiger partial charge on any atom is -0.376 e. The Morgan fingerprint density at radius 3 is 2.57 bits per heavy atom. The molecule has 1 aliphatic heterocycles. The normalized spacial score (nSPS) is 16.1. The maximum absolute atomic E-state index is 12.3. The number of hydroxylamine groups is 1. The van der Waals surface area contributed by atoms with Crippen LogP contribution in [0.25, 0.3) is 6.08 Å². The van der Waals surface area contributed by atoms with Gasteiger partial charge >= 0.3 is 0 Å². The van der Waals surface area contributed by atoms with Gasteiger partial charge in [0.2, 0.25) is 0 Å². The summed E-state index contributed by atoms with van der Waals surface area (Å²) in [5.74, 6) is -0.223. The van der Waals surface area contributed by atoms with Crippen LogP contribution in [-0.2, 0) is 4.84 Å². The number of amides is 1. The van der Waals surface area contributed by atoms with Gasteiger partial charge in [0.15, 0.2) is 0 Å². The van der Waals surface area contributed by atoms with E-state index in [1.165, 1.54) is 0 Å². The molecule has 1 heterocycles. The summed E-state index contributed by atoms with van der Waals surface area (Å²) in [5, 5.41) is 3.46. The van der Waals surface area contributed by atoms with Gasteiger partial charge in [0.25, 0.3) is 5.91 Å². The fourth-order valence-corrected chi connectivity index (χ4v) is 2.20. The topological polar surface area (TPSA) is 50.4 Å². The molecular weight excluding hydrogens is 264 g/mol. The van der Waals surface area contributed by atoms with E-state index < -0.39 is 5.60 Å². The molecular formula is C17H24N2O2. The molecule has 114 valence electrons. The summed E-state index contributed by atoms with van der Waals surface area (Å²) in [6, 6.07) is 3.78. The molecule has 2 N–H and O–H groups in total. The summed E-state index contributed by atoms with van der Waals surface area (Å²) in [7, 11) is 0. The molecule has 0 atom stereocenters. The predicted octanol–water partition coefficient (Wildman–Crippen LogP) is 3.67. The molecule has 0 bridgehead atoms. The lowest BCUT2D eigenvalue weighted by atomic mass is 9.92. The van der Waals surface area contributed by atoms with Crippen LogP contribution in [0.3, 0.4) is 0 Å². The molecule has 0 saturated heterocycles. The Balaban J connectivity index is 2.28. The first-order valence-corrected chi connectivity index (χ1v) is 7.18. The highest BCUT2D eigenvalue weighted by atomic mass is 16.7. The Kier molecular flexibility index (Phi) is 3.85. The zero-order chi connectivity index (χ0) is 15.8. The van der Waals surface area contributed by atoms with Crippen molar-refractivity contribution < 1.29 is 9.63 Å². The molecule has 2 rings (SSSR count). The lowest BCUT2D eigenvalue weighted by molar-refractivity contribution is -0.0589. The van der Waals surface area contributed by atoms with Crippen LogP contribution in [-0.4, -0.2) is 17.0 Å². The summed E-state index contributed by atoms with van der Waals surface area (Å²) in [5.41, 5.74) is 5.65. The third-order valence-corrected chi connectivity index (χ3v) is 3.32. The second-order valence-corrected chi connectivity index (χ2v) is 7.03. The zero-order valence-corrected chi connectivity index (χ0v) is 13.6. The number of hydrogen-bond acceptors (Lipinski definition) is 3. The SMILES string of the molecule is Cc1c(C(=O)NOC(C)(C)C)ccc2c1NC(C)(C)C=C2. The van der Waals surface area contributed by atoms with E-state index in [2.05, 4.69) is 36.8 Å². The highest BCUT2D eigenvalue weighted by Crippen LogP contribution is 2.32. The average molecular weight is 288 g/mol. The lowest BCUT2D eigenvalue weighted by Crippen LogP contribution is -2.34. The molecule has 0 radical (unpaired) electrons. The lowest BCUT2D eigenvalue weighted by Gasteiger charge is -2.31. The van der Waals surface area contributed by atoms with Crippen molar-refractivity contribution in [2.24, 2.45) is 0 Å². The molecule has 1 amide bonds. The van der Waals surface area contributed by atoms with E-state index in [1.54, 1.807) is 0 Å². The summed E-state index contributed by atoms with van der Waals surface area (Å²) in [6.45, 7) is 11.8. The fraction of sp³-hybridized carbons (Fsp3) is 0.471. The summed E-state index contributed by atoms with van der Waals surface area (Å²) in [6.07, 6.45) is 4.21. The molecule has 4 heteroatoms. The number of nitrogens with one attached hydrogen (secondary N) is 2. The smallest absolute Gasteiger partial charge is 0.275 e. The Morgan fingerprint density at radius 2 is 1.95 bits per heavy atom. The van der Waals surface area contributed by atoms with Gasteiger partial charge in [-0.3, -0.25) is 9.63 Å². The third kappa shape index (κ3) is 3.64.